The summed E-state index contributed by atoms with van der Waals surface area (Å²) in [6.07, 6.45) is 12.3. The van der Waals surface area contributed by atoms with E-state index in [4.69, 9.17) is 4.74 Å². The molecular weight excluding hydrogens is 260 g/mol. The normalized spacial score (nSPS) is 28.7. The maximum atomic E-state index is 5.65. The van der Waals surface area contributed by atoms with Gasteiger partial charge in [0.1, 0.15) is 0 Å². The zero-order valence-corrected chi connectivity index (χ0v) is 14.3. The van der Waals surface area contributed by atoms with E-state index in [1.165, 1.54) is 71.0 Å². The summed E-state index contributed by atoms with van der Waals surface area (Å²) in [5.74, 6) is 0. The standard InChI is InChI=1S/C18H34N2O/c1-16(2,21-3)12-13-20-15-17(8-4-5-9-17)19-14-18(20)10-6-7-11-18/h19H,4-15H2,1-3H3. The molecule has 1 N–H and O–H groups in total. The summed E-state index contributed by atoms with van der Waals surface area (Å²) in [4.78, 5) is 2.86. The lowest BCUT2D eigenvalue weighted by Crippen LogP contribution is -2.68. The fourth-order valence-corrected chi connectivity index (χ4v) is 4.79. The fourth-order valence-electron chi connectivity index (χ4n) is 4.79. The Hall–Kier alpha value is -0.120. The van der Waals surface area contributed by atoms with Crippen molar-refractivity contribution in [2.45, 2.75) is 88.3 Å². The topological polar surface area (TPSA) is 24.5 Å². The highest BCUT2D eigenvalue weighted by molar-refractivity contribution is 5.08. The number of nitrogens with zero attached hydrogens (tertiary/aromatic N) is 1. The molecule has 122 valence electrons. The van der Waals surface area contributed by atoms with Crippen LogP contribution in [0, 0.1) is 0 Å². The third-order valence-electron chi connectivity index (χ3n) is 6.59. The number of hydrogen-bond acceptors (Lipinski definition) is 3. The van der Waals surface area contributed by atoms with Gasteiger partial charge in [0.05, 0.1) is 5.60 Å². The number of piperazine rings is 1. The molecule has 3 aliphatic rings. The van der Waals surface area contributed by atoms with Gasteiger partial charge in [-0.25, -0.2) is 0 Å². The number of nitrogens with one attached hydrogen (secondary N) is 1. The second kappa shape index (κ2) is 5.82. The Bertz CT molecular complexity index is 354. The quantitative estimate of drug-likeness (QED) is 0.861. The molecule has 3 heteroatoms. The van der Waals surface area contributed by atoms with E-state index in [1.807, 2.05) is 7.11 Å². The maximum Gasteiger partial charge on any atom is 0.0634 e. The Balaban J connectivity index is 1.70. The molecule has 1 saturated heterocycles. The van der Waals surface area contributed by atoms with Gasteiger partial charge in [0.25, 0.3) is 0 Å². The lowest BCUT2D eigenvalue weighted by Gasteiger charge is -2.53. The minimum absolute atomic E-state index is 0.00745. The van der Waals surface area contributed by atoms with E-state index in [0.717, 1.165) is 6.42 Å². The highest BCUT2D eigenvalue weighted by atomic mass is 16.5. The Labute approximate surface area is 130 Å². The highest BCUT2D eigenvalue weighted by Crippen LogP contribution is 2.42. The van der Waals surface area contributed by atoms with E-state index in [-0.39, 0.29) is 5.60 Å². The molecule has 2 spiro atoms. The second-order valence-electron chi connectivity index (χ2n) is 8.41. The molecule has 3 nitrogen and oxygen atoms in total. The molecule has 0 bridgehead atoms. The van der Waals surface area contributed by atoms with Gasteiger partial charge < -0.3 is 10.1 Å². The van der Waals surface area contributed by atoms with Gasteiger partial charge in [0, 0.05) is 37.8 Å². The van der Waals surface area contributed by atoms with Crippen LogP contribution >= 0.6 is 0 Å². The zero-order chi connectivity index (χ0) is 15.0. The average molecular weight is 294 g/mol. The monoisotopic (exact) mass is 294 g/mol. The summed E-state index contributed by atoms with van der Waals surface area (Å²) in [6, 6.07) is 0. The second-order valence-corrected chi connectivity index (χ2v) is 8.41. The maximum absolute atomic E-state index is 5.65. The molecule has 2 saturated carbocycles. The Morgan fingerprint density at radius 3 is 2.29 bits per heavy atom. The van der Waals surface area contributed by atoms with E-state index < -0.39 is 0 Å². The van der Waals surface area contributed by atoms with Crippen LogP contribution in [-0.4, -0.2) is 48.3 Å². The lowest BCUT2D eigenvalue weighted by molar-refractivity contribution is -0.0297. The number of hydrogen-bond donors (Lipinski definition) is 1. The number of rotatable bonds is 4. The molecule has 0 unspecified atom stereocenters. The predicted molar refractivity (Wildman–Crippen MR) is 87.7 cm³/mol. The summed E-state index contributed by atoms with van der Waals surface area (Å²) in [6.45, 7) is 8.14. The largest absolute Gasteiger partial charge is 0.379 e. The van der Waals surface area contributed by atoms with Crippen LogP contribution in [0.15, 0.2) is 0 Å². The lowest BCUT2D eigenvalue weighted by atomic mass is 9.84. The highest BCUT2D eigenvalue weighted by Gasteiger charge is 2.49. The van der Waals surface area contributed by atoms with Crippen molar-refractivity contribution in [2.75, 3.05) is 26.7 Å². The predicted octanol–water partition coefficient (Wildman–Crippen LogP) is 3.33. The van der Waals surface area contributed by atoms with Gasteiger partial charge in [0.2, 0.25) is 0 Å². The van der Waals surface area contributed by atoms with Crippen molar-refractivity contribution in [1.82, 2.24) is 10.2 Å². The fraction of sp³-hybridized carbons (Fsp3) is 1.00. The van der Waals surface area contributed by atoms with Crippen LogP contribution in [0.5, 0.6) is 0 Å². The number of methoxy groups -OCH3 is 1. The van der Waals surface area contributed by atoms with E-state index in [0.29, 0.717) is 11.1 Å². The van der Waals surface area contributed by atoms with Gasteiger partial charge in [0.15, 0.2) is 0 Å². The van der Waals surface area contributed by atoms with Crippen molar-refractivity contribution in [3.8, 4) is 0 Å². The van der Waals surface area contributed by atoms with Crippen molar-refractivity contribution in [1.29, 1.82) is 0 Å². The van der Waals surface area contributed by atoms with Crippen molar-refractivity contribution in [3.63, 3.8) is 0 Å². The molecule has 21 heavy (non-hydrogen) atoms. The van der Waals surface area contributed by atoms with Crippen LogP contribution in [0.25, 0.3) is 0 Å². The summed E-state index contributed by atoms with van der Waals surface area (Å²) >= 11 is 0. The average Bonchev–Trinajstić information content (AvgIpc) is 3.11. The first kappa shape index (κ1) is 15.8. The molecule has 0 atom stereocenters. The van der Waals surface area contributed by atoms with Crippen molar-refractivity contribution >= 4 is 0 Å². The van der Waals surface area contributed by atoms with Crippen LogP contribution in [-0.2, 0) is 4.74 Å². The van der Waals surface area contributed by atoms with Crippen molar-refractivity contribution in [2.24, 2.45) is 0 Å². The Kier molecular flexibility index (Phi) is 4.37. The van der Waals surface area contributed by atoms with Gasteiger partial charge in [-0.1, -0.05) is 25.7 Å². The van der Waals surface area contributed by atoms with E-state index in [9.17, 15) is 0 Å². The Morgan fingerprint density at radius 1 is 1.05 bits per heavy atom. The molecule has 1 heterocycles. The summed E-state index contributed by atoms with van der Waals surface area (Å²) in [5.41, 5.74) is 0.899. The zero-order valence-electron chi connectivity index (χ0n) is 14.3. The van der Waals surface area contributed by atoms with Gasteiger partial charge in [-0.05, 0) is 46.0 Å². The molecular formula is C18H34N2O. The van der Waals surface area contributed by atoms with Crippen LogP contribution in [0.1, 0.15) is 71.6 Å². The molecule has 2 aliphatic carbocycles. The molecule has 0 aromatic heterocycles. The molecule has 3 fully saturated rings. The van der Waals surface area contributed by atoms with Gasteiger partial charge in [-0.2, -0.15) is 0 Å². The SMILES string of the molecule is COC(C)(C)CCN1CC2(CCCC2)NCC12CCCC2. The van der Waals surface area contributed by atoms with Crippen molar-refractivity contribution < 1.29 is 4.74 Å². The first-order chi connectivity index (χ1) is 9.99. The molecule has 3 rings (SSSR count). The van der Waals surface area contributed by atoms with E-state index in [2.05, 4.69) is 24.1 Å². The summed E-state index contributed by atoms with van der Waals surface area (Å²) < 4.78 is 5.65. The minimum atomic E-state index is 0.00745. The van der Waals surface area contributed by atoms with Crippen LogP contribution < -0.4 is 5.32 Å². The van der Waals surface area contributed by atoms with E-state index >= 15 is 0 Å². The third kappa shape index (κ3) is 3.16. The molecule has 0 aromatic carbocycles. The molecule has 0 aromatic rings. The van der Waals surface area contributed by atoms with Gasteiger partial charge in [-0.15, -0.1) is 0 Å². The summed E-state index contributed by atoms with van der Waals surface area (Å²) in [5, 5.41) is 4.00. The molecule has 0 radical (unpaired) electrons. The Morgan fingerprint density at radius 2 is 1.67 bits per heavy atom. The van der Waals surface area contributed by atoms with Gasteiger partial charge >= 0.3 is 0 Å². The third-order valence-corrected chi connectivity index (χ3v) is 6.59. The van der Waals surface area contributed by atoms with Crippen LogP contribution in [0.2, 0.25) is 0 Å². The first-order valence-electron chi connectivity index (χ1n) is 9.05. The minimum Gasteiger partial charge on any atom is -0.379 e. The van der Waals surface area contributed by atoms with Crippen LogP contribution in [0.4, 0.5) is 0 Å². The van der Waals surface area contributed by atoms with Gasteiger partial charge in [-0.3, -0.25) is 4.90 Å². The van der Waals surface area contributed by atoms with Crippen molar-refractivity contribution in [3.05, 3.63) is 0 Å². The molecule has 1 aliphatic heterocycles. The summed E-state index contributed by atoms with van der Waals surface area (Å²) in [7, 11) is 1.85. The number of ether oxygens (including phenoxy) is 1. The molecule has 0 amide bonds. The van der Waals surface area contributed by atoms with E-state index in [1.54, 1.807) is 0 Å². The smallest absolute Gasteiger partial charge is 0.0634 e. The van der Waals surface area contributed by atoms with Crippen LogP contribution in [0.3, 0.4) is 0 Å². The first-order valence-corrected chi connectivity index (χ1v) is 9.05.